The number of hydrogen-bond acceptors (Lipinski definition) is 1. The van der Waals surface area contributed by atoms with Crippen LogP contribution in [-0.2, 0) is 6.42 Å². The molecular formula is C21H26O. The van der Waals surface area contributed by atoms with Crippen molar-refractivity contribution in [2.24, 2.45) is 5.92 Å². The molecule has 0 radical (unpaired) electrons. The Bertz CT molecular complexity index is 592. The minimum atomic E-state index is 0.121. The molecular weight excluding hydrogens is 268 g/mol. The Morgan fingerprint density at radius 1 is 0.909 bits per heavy atom. The fourth-order valence-electron chi connectivity index (χ4n) is 2.07. The first kappa shape index (κ1) is 17.9. The lowest BCUT2D eigenvalue weighted by atomic mass is 10.0. The van der Waals surface area contributed by atoms with Crippen molar-refractivity contribution in [3.63, 3.8) is 0 Å². The zero-order valence-corrected chi connectivity index (χ0v) is 14.1. The van der Waals surface area contributed by atoms with Gasteiger partial charge in [0, 0.05) is 5.56 Å². The van der Waals surface area contributed by atoms with Crippen molar-refractivity contribution >= 4 is 11.4 Å². The van der Waals surface area contributed by atoms with E-state index >= 15 is 0 Å². The van der Waals surface area contributed by atoms with E-state index in [0.717, 1.165) is 23.5 Å². The Hall–Kier alpha value is -2.15. The van der Waals surface area contributed by atoms with Gasteiger partial charge in [-0.3, -0.25) is 4.79 Å². The predicted octanol–water partition coefficient (Wildman–Crippen LogP) is 5.81. The molecule has 0 atom stereocenters. The van der Waals surface area contributed by atoms with Crippen LogP contribution in [0, 0.1) is 5.92 Å². The average molecular weight is 294 g/mol. The van der Waals surface area contributed by atoms with Crippen LogP contribution in [0.3, 0.4) is 0 Å². The molecule has 116 valence electrons. The summed E-state index contributed by atoms with van der Waals surface area (Å²) in [5.74, 6) is 0.853. The van der Waals surface area contributed by atoms with Crippen molar-refractivity contribution in [1.82, 2.24) is 0 Å². The van der Waals surface area contributed by atoms with Crippen LogP contribution in [0.2, 0.25) is 0 Å². The van der Waals surface area contributed by atoms with Crippen molar-refractivity contribution in [1.29, 1.82) is 0 Å². The van der Waals surface area contributed by atoms with Crippen LogP contribution in [-0.4, -0.2) is 5.78 Å². The number of carbonyl (C=O) groups excluding carboxylic acids is 1. The lowest BCUT2D eigenvalue weighted by molar-refractivity contribution is 0.101. The Morgan fingerprint density at radius 3 is 1.82 bits per heavy atom. The Labute approximate surface area is 134 Å². The van der Waals surface area contributed by atoms with Gasteiger partial charge in [0.2, 0.25) is 0 Å². The van der Waals surface area contributed by atoms with Crippen LogP contribution >= 0.6 is 0 Å². The van der Waals surface area contributed by atoms with Crippen LogP contribution in [0.5, 0.6) is 0 Å². The van der Waals surface area contributed by atoms with Crippen LogP contribution in [0.15, 0.2) is 61.2 Å². The van der Waals surface area contributed by atoms with E-state index in [4.69, 9.17) is 0 Å². The first-order valence-electron chi connectivity index (χ1n) is 7.71. The smallest absolute Gasteiger partial charge is 0.159 e. The number of allylic oxidation sites excluding steroid dienone is 1. The van der Waals surface area contributed by atoms with Crippen molar-refractivity contribution in [2.75, 3.05) is 0 Å². The van der Waals surface area contributed by atoms with Gasteiger partial charge in [-0.1, -0.05) is 80.6 Å². The summed E-state index contributed by atoms with van der Waals surface area (Å²) in [6.45, 7) is 12.0. The van der Waals surface area contributed by atoms with Crippen molar-refractivity contribution in [3.8, 4) is 0 Å². The number of ketones is 1. The molecule has 0 heterocycles. The normalized spacial score (nSPS) is 9.86. The van der Waals surface area contributed by atoms with E-state index in [1.807, 2.05) is 37.3 Å². The van der Waals surface area contributed by atoms with E-state index < -0.39 is 0 Å². The number of carbonyl (C=O) groups is 1. The summed E-state index contributed by atoms with van der Waals surface area (Å²) in [6, 6.07) is 17.9. The molecule has 0 amide bonds. The fraction of sp³-hybridized carbons (Fsp3) is 0.286. The SMILES string of the molecule is C=C(C)c1ccc(CC(C)C)cc1.CC(=O)c1ccccc1. The van der Waals surface area contributed by atoms with Gasteiger partial charge in [-0.25, -0.2) is 0 Å². The molecule has 0 fully saturated rings. The summed E-state index contributed by atoms with van der Waals surface area (Å²) in [5, 5.41) is 0. The summed E-state index contributed by atoms with van der Waals surface area (Å²) in [4.78, 5) is 10.6. The molecule has 1 heteroatoms. The molecule has 0 spiro atoms. The van der Waals surface area contributed by atoms with Crippen LogP contribution < -0.4 is 0 Å². The molecule has 2 aromatic carbocycles. The molecule has 0 aromatic heterocycles. The monoisotopic (exact) mass is 294 g/mol. The molecule has 0 unspecified atom stereocenters. The minimum Gasteiger partial charge on any atom is -0.295 e. The van der Waals surface area contributed by atoms with Crippen molar-refractivity contribution in [3.05, 3.63) is 77.9 Å². The molecule has 0 aliphatic rings. The molecule has 0 aliphatic heterocycles. The van der Waals surface area contributed by atoms with Crippen molar-refractivity contribution < 1.29 is 4.79 Å². The Kier molecular flexibility index (Phi) is 7.31. The van der Waals surface area contributed by atoms with E-state index in [1.54, 1.807) is 6.92 Å². The summed E-state index contributed by atoms with van der Waals surface area (Å²) in [5.41, 5.74) is 4.57. The second-order valence-electron chi connectivity index (χ2n) is 6.00. The molecule has 0 saturated heterocycles. The van der Waals surface area contributed by atoms with E-state index in [0.29, 0.717) is 0 Å². The number of benzene rings is 2. The predicted molar refractivity (Wildman–Crippen MR) is 96.1 cm³/mol. The summed E-state index contributed by atoms with van der Waals surface area (Å²) in [6.07, 6.45) is 1.16. The molecule has 2 rings (SSSR count). The molecule has 0 saturated carbocycles. The number of Topliss-reactive ketones (excluding diaryl/α,β-unsaturated/α-hetero) is 1. The molecule has 1 nitrogen and oxygen atoms in total. The highest BCUT2D eigenvalue weighted by Gasteiger charge is 1.98. The van der Waals surface area contributed by atoms with Gasteiger partial charge < -0.3 is 0 Å². The van der Waals surface area contributed by atoms with Gasteiger partial charge in [0.15, 0.2) is 5.78 Å². The lowest BCUT2D eigenvalue weighted by Gasteiger charge is -2.05. The van der Waals surface area contributed by atoms with E-state index in [-0.39, 0.29) is 5.78 Å². The van der Waals surface area contributed by atoms with Gasteiger partial charge >= 0.3 is 0 Å². The topological polar surface area (TPSA) is 17.1 Å². The summed E-state index contributed by atoms with van der Waals surface area (Å²) >= 11 is 0. The Balaban J connectivity index is 0.000000235. The maximum atomic E-state index is 10.6. The summed E-state index contributed by atoms with van der Waals surface area (Å²) in [7, 11) is 0. The number of rotatable bonds is 4. The molecule has 0 bridgehead atoms. The standard InChI is InChI=1S/C13H18.C8H8O/c1-10(2)9-12-5-7-13(8-6-12)11(3)4;1-7(9)8-5-3-2-4-6-8/h5-8,10H,3,9H2,1-2,4H3;2-6H,1H3. The van der Waals surface area contributed by atoms with E-state index in [1.165, 1.54) is 11.1 Å². The van der Waals surface area contributed by atoms with Crippen LogP contribution in [0.1, 0.15) is 49.2 Å². The van der Waals surface area contributed by atoms with Crippen LogP contribution in [0.4, 0.5) is 0 Å². The highest BCUT2D eigenvalue weighted by molar-refractivity contribution is 5.93. The third-order valence-electron chi connectivity index (χ3n) is 3.27. The highest BCUT2D eigenvalue weighted by atomic mass is 16.1. The molecule has 0 aliphatic carbocycles. The first-order chi connectivity index (χ1) is 10.4. The summed E-state index contributed by atoms with van der Waals surface area (Å²) < 4.78 is 0. The van der Waals surface area contributed by atoms with Crippen LogP contribution in [0.25, 0.3) is 5.57 Å². The van der Waals surface area contributed by atoms with Gasteiger partial charge in [0.05, 0.1) is 0 Å². The van der Waals surface area contributed by atoms with Gasteiger partial charge in [0.25, 0.3) is 0 Å². The fourth-order valence-corrected chi connectivity index (χ4v) is 2.07. The quantitative estimate of drug-likeness (QED) is 0.650. The maximum Gasteiger partial charge on any atom is 0.159 e. The zero-order chi connectivity index (χ0) is 16.5. The zero-order valence-electron chi connectivity index (χ0n) is 14.1. The second-order valence-corrected chi connectivity index (χ2v) is 6.00. The average Bonchev–Trinajstić information content (AvgIpc) is 2.48. The first-order valence-corrected chi connectivity index (χ1v) is 7.71. The third-order valence-corrected chi connectivity index (χ3v) is 3.27. The Morgan fingerprint density at radius 2 is 1.45 bits per heavy atom. The molecule has 0 N–H and O–H groups in total. The second kappa shape index (κ2) is 8.99. The maximum absolute atomic E-state index is 10.6. The largest absolute Gasteiger partial charge is 0.295 e. The lowest BCUT2D eigenvalue weighted by Crippen LogP contribution is -1.93. The van der Waals surface area contributed by atoms with Gasteiger partial charge in [-0.05, 0) is 37.3 Å². The molecule has 22 heavy (non-hydrogen) atoms. The van der Waals surface area contributed by atoms with Gasteiger partial charge in [-0.15, -0.1) is 0 Å². The van der Waals surface area contributed by atoms with E-state index in [2.05, 4.69) is 44.7 Å². The molecule has 2 aromatic rings. The minimum absolute atomic E-state index is 0.121. The van der Waals surface area contributed by atoms with E-state index in [9.17, 15) is 4.79 Å². The highest BCUT2D eigenvalue weighted by Crippen LogP contribution is 2.14. The van der Waals surface area contributed by atoms with Gasteiger partial charge in [0.1, 0.15) is 0 Å². The van der Waals surface area contributed by atoms with Gasteiger partial charge in [-0.2, -0.15) is 0 Å². The third kappa shape index (κ3) is 6.53. The number of hydrogen-bond donors (Lipinski definition) is 0. The van der Waals surface area contributed by atoms with Crippen molar-refractivity contribution in [2.45, 2.75) is 34.1 Å².